The Morgan fingerprint density at radius 3 is 2.56 bits per heavy atom. The largest absolute Gasteiger partial charge is 0.405 e. The van der Waals surface area contributed by atoms with Crippen LogP contribution in [0.15, 0.2) is 5.38 Å². The summed E-state index contributed by atoms with van der Waals surface area (Å²) in [6, 6.07) is 0. The molecule has 0 unspecified atom stereocenters. The van der Waals surface area contributed by atoms with E-state index in [0.29, 0.717) is 0 Å². The van der Waals surface area contributed by atoms with Crippen molar-refractivity contribution in [3.05, 3.63) is 16.1 Å². The van der Waals surface area contributed by atoms with Crippen LogP contribution in [0.3, 0.4) is 0 Å². The number of rotatable bonds is 3. The van der Waals surface area contributed by atoms with Crippen molar-refractivity contribution in [2.24, 2.45) is 5.73 Å². The van der Waals surface area contributed by atoms with Crippen LogP contribution in [-0.2, 0) is 0 Å². The van der Waals surface area contributed by atoms with Crippen molar-refractivity contribution >= 4 is 23.2 Å². The molecule has 0 radical (unpaired) electrons. The van der Waals surface area contributed by atoms with Crippen LogP contribution in [0.4, 0.5) is 13.2 Å². The molecule has 3 N–H and O–H groups in total. The lowest BCUT2D eigenvalue weighted by atomic mass is 10.4. The molecule has 0 saturated heterocycles. The van der Waals surface area contributed by atoms with E-state index < -0.39 is 24.5 Å². The first-order valence-electron chi connectivity index (χ1n) is 3.90. The summed E-state index contributed by atoms with van der Waals surface area (Å²) in [5.41, 5.74) is 4.61. The van der Waals surface area contributed by atoms with E-state index >= 15 is 0 Å². The molecule has 0 saturated carbocycles. The summed E-state index contributed by atoms with van der Waals surface area (Å²) in [6.45, 7) is -1.45. The van der Waals surface area contributed by atoms with Crippen LogP contribution in [0.25, 0.3) is 0 Å². The van der Waals surface area contributed by atoms with Gasteiger partial charge in [0.2, 0.25) is 0 Å². The number of nitrogens with one attached hydrogen (secondary N) is 1. The minimum atomic E-state index is -4.49. The second-order valence-corrected chi connectivity index (χ2v) is 3.56. The molecule has 0 aromatic carbocycles. The molecule has 1 heterocycles. The molecule has 0 aliphatic heterocycles. The van der Waals surface area contributed by atoms with Gasteiger partial charge in [0.25, 0.3) is 11.8 Å². The normalized spacial score (nSPS) is 11.2. The Balaban J connectivity index is 2.63. The van der Waals surface area contributed by atoms with E-state index in [1.165, 1.54) is 0 Å². The van der Waals surface area contributed by atoms with Crippen molar-refractivity contribution < 1.29 is 22.8 Å². The second-order valence-electron chi connectivity index (χ2n) is 2.70. The lowest BCUT2D eigenvalue weighted by molar-refractivity contribution is -0.123. The fourth-order valence-corrected chi connectivity index (χ4v) is 1.41. The predicted molar refractivity (Wildman–Crippen MR) is 49.0 cm³/mol. The van der Waals surface area contributed by atoms with Crippen molar-refractivity contribution in [2.45, 2.75) is 6.18 Å². The maximum absolute atomic E-state index is 11.8. The Hall–Kier alpha value is -1.64. The smallest absolute Gasteiger partial charge is 0.364 e. The van der Waals surface area contributed by atoms with Crippen LogP contribution >= 0.6 is 11.3 Å². The Kier molecular flexibility index (Phi) is 3.48. The van der Waals surface area contributed by atoms with Crippen molar-refractivity contribution in [1.29, 1.82) is 0 Å². The summed E-state index contributed by atoms with van der Waals surface area (Å²) in [5, 5.41) is 2.65. The molecule has 88 valence electrons. The van der Waals surface area contributed by atoms with E-state index in [1.807, 2.05) is 0 Å². The maximum Gasteiger partial charge on any atom is 0.405 e. The Morgan fingerprint density at radius 1 is 1.50 bits per heavy atom. The molecule has 0 aliphatic carbocycles. The van der Waals surface area contributed by atoms with Crippen LogP contribution in [0.1, 0.15) is 20.3 Å². The van der Waals surface area contributed by atoms with Crippen molar-refractivity contribution in [3.63, 3.8) is 0 Å². The van der Waals surface area contributed by atoms with Gasteiger partial charge in [-0.3, -0.25) is 9.59 Å². The van der Waals surface area contributed by atoms with Gasteiger partial charge >= 0.3 is 6.18 Å². The highest BCUT2D eigenvalue weighted by Crippen LogP contribution is 2.13. The number of nitrogens with two attached hydrogens (primary N) is 1. The van der Waals surface area contributed by atoms with Gasteiger partial charge in [-0.2, -0.15) is 13.2 Å². The first kappa shape index (κ1) is 12.4. The second kappa shape index (κ2) is 4.47. The van der Waals surface area contributed by atoms with Crippen molar-refractivity contribution in [1.82, 2.24) is 10.3 Å². The summed E-state index contributed by atoms with van der Waals surface area (Å²) in [4.78, 5) is 25.2. The van der Waals surface area contributed by atoms with E-state index in [1.54, 1.807) is 5.32 Å². The number of alkyl halides is 3. The zero-order valence-corrected chi connectivity index (χ0v) is 8.48. The first-order chi connectivity index (χ1) is 7.29. The molecule has 0 aliphatic rings. The molecule has 0 fully saturated rings. The maximum atomic E-state index is 11.8. The van der Waals surface area contributed by atoms with Crippen molar-refractivity contribution in [3.8, 4) is 0 Å². The lowest BCUT2D eigenvalue weighted by Gasteiger charge is -2.06. The number of nitrogens with zero attached hydrogens (tertiary/aromatic N) is 1. The van der Waals surface area contributed by atoms with Crippen LogP contribution in [0.5, 0.6) is 0 Å². The number of hydrogen-bond donors (Lipinski definition) is 2. The zero-order chi connectivity index (χ0) is 12.3. The summed E-state index contributed by atoms with van der Waals surface area (Å²) < 4.78 is 35.3. The molecular formula is C7H6F3N3O2S. The molecular weight excluding hydrogens is 247 g/mol. The van der Waals surface area contributed by atoms with E-state index in [9.17, 15) is 22.8 Å². The average molecular weight is 253 g/mol. The highest BCUT2D eigenvalue weighted by Gasteiger charge is 2.28. The molecule has 0 atom stereocenters. The Labute approximate surface area is 91.5 Å². The number of primary amides is 1. The summed E-state index contributed by atoms with van der Waals surface area (Å²) in [7, 11) is 0. The molecule has 1 aromatic heterocycles. The number of thiazole rings is 1. The van der Waals surface area contributed by atoms with Gasteiger partial charge in [-0.25, -0.2) is 4.98 Å². The number of carbonyl (C=O) groups is 2. The van der Waals surface area contributed by atoms with Gasteiger partial charge in [0, 0.05) is 5.38 Å². The third-order valence-electron chi connectivity index (χ3n) is 1.40. The summed E-state index contributed by atoms with van der Waals surface area (Å²) >= 11 is 0.792. The fourth-order valence-electron chi connectivity index (χ4n) is 0.762. The number of halogens is 3. The van der Waals surface area contributed by atoms with Gasteiger partial charge in [0.1, 0.15) is 12.2 Å². The van der Waals surface area contributed by atoms with E-state index in [0.717, 1.165) is 16.7 Å². The third kappa shape index (κ3) is 3.50. The van der Waals surface area contributed by atoms with Gasteiger partial charge in [0.05, 0.1) is 0 Å². The monoisotopic (exact) mass is 253 g/mol. The Morgan fingerprint density at radius 2 is 2.12 bits per heavy atom. The van der Waals surface area contributed by atoms with Crippen LogP contribution in [0.2, 0.25) is 0 Å². The van der Waals surface area contributed by atoms with Gasteiger partial charge in [-0.05, 0) is 0 Å². The SMILES string of the molecule is NC(=O)c1nc(C(=O)NCC(F)(F)F)cs1. The topological polar surface area (TPSA) is 85.1 Å². The molecule has 5 nitrogen and oxygen atoms in total. The minimum absolute atomic E-state index is 0.128. The molecule has 1 aromatic rings. The van der Waals surface area contributed by atoms with Gasteiger partial charge in [0.15, 0.2) is 5.01 Å². The van der Waals surface area contributed by atoms with Gasteiger partial charge in [-0.15, -0.1) is 11.3 Å². The summed E-state index contributed by atoms with van der Waals surface area (Å²) in [6.07, 6.45) is -4.49. The predicted octanol–water partition coefficient (Wildman–Crippen LogP) is 0.534. The van der Waals surface area contributed by atoms with Gasteiger partial charge in [-0.1, -0.05) is 0 Å². The number of carbonyl (C=O) groups excluding carboxylic acids is 2. The number of hydrogen-bond acceptors (Lipinski definition) is 4. The van der Waals surface area contributed by atoms with E-state index in [2.05, 4.69) is 4.98 Å². The van der Waals surface area contributed by atoms with Crippen LogP contribution in [-0.4, -0.2) is 29.5 Å². The molecule has 16 heavy (non-hydrogen) atoms. The summed E-state index contributed by atoms with van der Waals surface area (Å²) in [5.74, 6) is -1.83. The minimum Gasteiger partial charge on any atom is -0.364 e. The fraction of sp³-hybridized carbons (Fsp3) is 0.286. The quantitative estimate of drug-likeness (QED) is 0.824. The van der Waals surface area contributed by atoms with Gasteiger partial charge < -0.3 is 11.1 Å². The highest BCUT2D eigenvalue weighted by molar-refractivity contribution is 7.11. The first-order valence-corrected chi connectivity index (χ1v) is 4.78. The van der Waals surface area contributed by atoms with Crippen molar-refractivity contribution in [2.75, 3.05) is 6.54 Å². The Bertz CT molecular complexity index is 415. The molecule has 2 amide bonds. The highest BCUT2D eigenvalue weighted by atomic mass is 32.1. The third-order valence-corrected chi connectivity index (χ3v) is 2.25. The van der Waals surface area contributed by atoms with Crippen LogP contribution < -0.4 is 11.1 Å². The number of amides is 2. The molecule has 0 spiro atoms. The zero-order valence-electron chi connectivity index (χ0n) is 7.67. The molecule has 0 bridgehead atoms. The lowest BCUT2D eigenvalue weighted by Crippen LogP contribution is -2.33. The number of aromatic nitrogens is 1. The standard InChI is InChI=1S/C7H6F3N3O2S/c8-7(9,10)2-12-5(15)3-1-16-6(13-3)4(11)14/h1H,2H2,(H2,11,14)(H,12,15). The molecule has 9 heteroatoms. The van der Waals surface area contributed by atoms with E-state index in [4.69, 9.17) is 5.73 Å². The van der Waals surface area contributed by atoms with Crippen LogP contribution in [0, 0.1) is 0 Å². The molecule has 1 rings (SSSR count). The van der Waals surface area contributed by atoms with E-state index in [-0.39, 0.29) is 10.7 Å². The average Bonchev–Trinajstić information content (AvgIpc) is 2.61.